The maximum atomic E-state index is 5.88. The van der Waals surface area contributed by atoms with Crippen molar-refractivity contribution in [3.8, 4) is 5.88 Å². The highest BCUT2D eigenvalue weighted by molar-refractivity contribution is 6.28. The molecule has 88 valence electrons. The summed E-state index contributed by atoms with van der Waals surface area (Å²) in [7, 11) is 0. The molecule has 1 heterocycles. The van der Waals surface area contributed by atoms with E-state index in [1.54, 1.807) is 6.20 Å². The number of hydrogen-bond donors (Lipinski definition) is 0. The lowest BCUT2D eigenvalue weighted by atomic mass is 9.89. The molecule has 0 aliphatic heterocycles. The van der Waals surface area contributed by atoms with Crippen LogP contribution in [0.3, 0.4) is 0 Å². The summed E-state index contributed by atoms with van der Waals surface area (Å²) in [6.45, 7) is 4.24. The minimum Gasteiger partial charge on any atom is -0.474 e. The van der Waals surface area contributed by atoms with Crippen LogP contribution in [0.5, 0.6) is 5.88 Å². The van der Waals surface area contributed by atoms with Gasteiger partial charge >= 0.3 is 0 Å². The van der Waals surface area contributed by atoms with Gasteiger partial charge in [-0.05, 0) is 50.1 Å². The van der Waals surface area contributed by atoms with Crippen molar-refractivity contribution < 1.29 is 4.74 Å². The van der Waals surface area contributed by atoms with Crippen molar-refractivity contribution in [3.63, 3.8) is 0 Å². The molecule has 0 unspecified atom stereocenters. The SMILES string of the molecule is Cc1cnc(Cl)nc1OC1CCC(C)CC1. The van der Waals surface area contributed by atoms with Crippen molar-refractivity contribution in [2.24, 2.45) is 5.92 Å². The molecule has 0 atom stereocenters. The number of halogens is 1. The van der Waals surface area contributed by atoms with Crippen LogP contribution in [0.2, 0.25) is 5.28 Å². The Bertz CT molecular complexity index is 362. The molecule has 4 heteroatoms. The third kappa shape index (κ3) is 2.85. The van der Waals surface area contributed by atoms with Crippen molar-refractivity contribution >= 4 is 11.6 Å². The van der Waals surface area contributed by atoms with Crippen LogP contribution in [0.25, 0.3) is 0 Å². The molecule has 1 aromatic rings. The Kier molecular flexibility index (Phi) is 3.64. The largest absolute Gasteiger partial charge is 0.474 e. The molecule has 0 amide bonds. The fraction of sp³-hybridized carbons (Fsp3) is 0.667. The van der Waals surface area contributed by atoms with E-state index in [4.69, 9.17) is 16.3 Å². The zero-order valence-electron chi connectivity index (χ0n) is 9.74. The van der Waals surface area contributed by atoms with E-state index >= 15 is 0 Å². The van der Waals surface area contributed by atoms with Crippen LogP contribution in [0, 0.1) is 12.8 Å². The summed E-state index contributed by atoms with van der Waals surface area (Å²) in [6, 6.07) is 0. The number of aromatic nitrogens is 2. The van der Waals surface area contributed by atoms with E-state index < -0.39 is 0 Å². The molecule has 0 N–H and O–H groups in total. The molecular weight excluding hydrogens is 224 g/mol. The van der Waals surface area contributed by atoms with E-state index in [1.165, 1.54) is 12.8 Å². The van der Waals surface area contributed by atoms with Gasteiger partial charge in [0.2, 0.25) is 11.2 Å². The fourth-order valence-corrected chi connectivity index (χ4v) is 2.16. The Labute approximate surface area is 101 Å². The highest BCUT2D eigenvalue weighted by Crippen LogP contribution is 2.27. The van der Waals surface area contributed by atoms with E-state index in [0.29, 0.717) is 12.0 Å². The third-order valence-electron chi connectivity index (χ3n) is 3.14. The zero-order valence-corrected chi connectivity index (χ0v) is 10.5. The lowest BCUT2D eigenvalue weighted by Crippen LogP contribution is -2.23. The first-order chi connectivity index (χ1) is 7.65. The van der Waals surface area contributed by atoms with Crippen molar-refractivity contribution in [2.75, 3.05) is 0 Å². The van der Waals surface area contributed by atoms with Crippen LogP contribution in [0.4, 0.5) is 0 Å². The summed E-state index contributed by atoms with van der Waals surface area (Å²) in [6.07, 6.45) is 6.70. The van der Waals surface area contributed by atoms with Crippen molar-refractivity contribution in [1.29, 1.82) is 0 Å². The molecule has 16 heavy (non-hydrogen) atoms. The smallest absolute Gasteiger partial charge is 0.225 e. The van der Waals surface area contributed by atoms with Gasteiger partial charge in [-0.15, -0.1) is 0 Å². The highest BCUT2D eigenvalue weighted by atomic mass is 35.5. The first-order valence-electron chi connectivity index (χ1n) is 5.81. The van der Waals surface area contributed by atoms with Crippen LogP contribution in [-0.4, -0.2) is 16.1 Å². The summed E-state index contributed by atoms with van der Waals surface area (Å²) < 4.78 is 5.88. The second-order valence-corrected chi connectivity index (χ2v) is 4.96. The van der Waals surface area contributed by atoms with Crippen LogP contribution in [-0.2, 0) is 0 Å². The molecule has 1 saturated carbocycles. The van der Waals surface area contributed by atoms with Crippen LogP contribution >= 0.6 is 11.6 Å². The Morgan fingerprint density at radius 1 is 1.31 bits per heavy atom. The first kappa shape index (κ1) is 11.6. The molecule has 1 aromatic heterocycles. The average Bonchev–Trinajstić information content (AvgIpc) is 2.27. The van der Waals surface area contributed by atoms with Gasteiger partial charge in [0, 0.05) is 11.8 Å². The van der Waals surface area contributed by atoms with Gasteiger partial charge in [-0.25, -0.2) is 4.98 Å². The van der Waals surface area contributed by atoms with Gasteiger partial charge in [-0.2, -0.15) is 4.98 Å². The molecule has 0 bridgehead atoms. The Morgan fingerprint density at radius 2 is 2.00 bits per heavy atom. The quantitative estimate of drug-likeness (QED) is 0.744. The van der Waals surface area contributed by atoms with Crippen molar-refractivity contribution in [1.82, 2.24) is 9.97 Å². The predicted molar refractivity (Wildman–Crippen MR) is 63.8 cm³/mol. The van der Waals surface area contributed by atoms with Gasteiger partial charge in [-0.3, -0.25) is 0 Å². The Balaban J connectivity index is 2.00. The normalized spacial score (nSPS) is 25.4. The molecule has 1 fully saturated rings. The van der Waals surface area contributed by atoms with Crippen LogP contribution in [0.1, 0.15) is 38.2 Å². The number of aryl methyl sites for hydroxylation is 1. The number of ether oxygens (including phenoxy) is 1. The second-order valence-electron chi connectivity index (χ2n) is 4.63. The Morgan fingerprint density at radius 3 is 2.69 bits per heavy atom. The third-order valence-corrected chi connectivity index (χ3v) is 3.32. The fourth-order valence-electron chi connectivity index (χ4n) is 2.03. The summed E-state index contributed by atoms with van der Waals surface area (Å²) in [5.74, 6) is 1.47. The molecule has 2 rings (SSSR count). The maximum Gasteiger partial charge on any atom is 0.225 e. The summed E-state index contributed by atoms with van der Waals surface area (Å²) in [5, 5.41) is 0.254. The first-order valence-corrected chi connectivity index (χ1v) is 6.18. The monoisotopic (exact) mass is 240 g/mol. The lowest BCUT2D eigenvalue weighted by Gasteiger charge is -2.26. The minimum absolute atomic E-state index is 0.254. The number of hydrogen-bond acceptors (Lipinski definition) is 3. The van der Waals surface area contributed by atoms with Gasteiger partial charge in [0.25, 0.3) is 0 Å². The van der Waals surface area contributed by atoms with Crippen LogP contribution < -0.4 is 4.74 Å². The topological polar surface area (TPSA) is 35.0 Å². The summed E-state index contributed by atoms with van der Waals surface area (Å²) in [5.41, 5.74) is 0.947. The molecule has 3 nitrogen and oxygen atoms in total. The van der Waals surface area contributed by atoms with Gasteiger partial charge in [0.15, 0.2) is 0 Å². The molecule has 0 saturated heterocycles. The minimum atomic E-state index is 0.254. The zero-order chi connectivity index (χ0) is 11.5. The van der Waals surface area contributed by atoms with Crippen molar-refractivity contribution in [2.45, 2.75) is 45.6 Å². The van der Waals surface area contributed by atoms with E-state index in [1.807, 2.05) is 6.92 Å². The Hall–Kier alpha value is -0.830. The van der Waals surface area contributed by atoms with Gasteiger partial charge in [0.1, 0.15) is 6.10 Å². The molecule has 0 spiro atoms. The highest BCUT2D eigenvalue weighted by Gasteiger charge is 2.20. The number of rotatable bonds is 2. The lowest BCUT2D eigenvalue weighted by molar-refractivity contribution is 0.129. The van der Waals surface area contributed by atoms with Crippen molar-refractivity contribution in [3.05, 3.63) is 17.0 Å². The van der Waals surface area contributed by atoms with Crippen LogP contribution in [0.15, 0.2) is 6.20 Å². The van der Waals surface area contributed by atoms with Gasteiger partial charge < -0.3 is 4.74 Å². The van der Waals surface area contributed by atoms with E-state index in [9.17, 15) is 0 Å². The maximum absolute atomic E-state index is 5.88. The molecular formula is C12H17ClN2O. The standard InChI is InChI=1S/C12H17ClN2O/c1-8-3-5-10(6-4-8)16-11-9(2)7-14-12(13)15-11/h7-8,10H,3-6H2,1-2H3. The van der Waals surface area contributed by atoms with E-state index in [-0.39, 0.29) is 5.28 Å². The molecule has 1 aliphatic carbocycles. The second kappa shape index (κ2) is 5.00. The van der Waals surface area contributed by atoms with E-state index in [2.05, 4.69) is 16.9 Å². The molecule has 1 aliphatic rings. The summed E-state index contributed by atoms with van der Waals surface area (Å²) >= 11 is 5.76. The van der Waals surface area contributed by atoms with Gasteiger partial charge in [-0.1, -0.05) is 6.92 Å². The average molecular weight is 241 g/mol. The molecule has 0 radical (unpaired) electrons. The number of nitrogens with zero attached hydrogens (tertiary/aromatic N) is 2. The summed E-state index contributed by atoms with van der Waals surface area (Å²) in [4.78, 5) is 8.04. The van der Waals surface area contributed by atoms with E-state index in [0.717, 1.165) is 24.3 Å². The molecule has 0 aromatic carbocycles. The predicted octanol–water partition coefficient (Wildman–Crippen LogP) is 3.40. The van der Waals surface area contributed by atoms with Gasteiger partial charge in [0.05, 0.1) is 0 Å².